The lowest BCUT2D eigenvalue weighted by molar-refractivity contribution is -0.125. The Morgan fingerprint density at radius 1 is 1.50 bits per heavy atom. The summed E-state index contributed by atoms with van der Waals surface area (Å²) < 4.78 is 0. The van der Waals surface area contributed by atoms with Crippen LogP contribution in [0.2, 0.25) is 0 Å². The molecule has 0 rings (SSSR count). The summed E-state index contributed by atoms with van der Waals surface area (Å²) >= 11 is 8.19. The van der Waals surface area contributed by atoms with E-state index in [2.05, 4.69) is 30.6 Å². The fraction of sp³-hybridized carbons (Fsp3) is 0.875. The molecule has 0 aromatic carbocycles. The highest BCUT2D eigenvalue weighted by molar-refractivity contribution is 7.80. The molecule has 1 atom stereocenters. The maximum atomic E-state index is 11.4. The van der Waals surface area contributed by atoms with Gasteiger partial charge in [-0.1, -0.05) is 6.92 Å². The molecule has 0 bridgehead atoms. The first-order valence-electron chi connectivity index (χ1n) is 3.96. The summed E-state index contributed by atoms with van der Waals surface area (Å²) in [6, 6.07) is 0. The molecule has 12 heavy (non-hydrogen) atoms. The lowest BCUT2D eigenvalue weighted by atomic mass is 10.1. The molecule has 0 heterocycles. The normalized spacial score (nSPS) is 14.1. The van der Waals surface area contributed by atoms with Gasteiger partial charge in [0, 0.05) is 23.0 Å². The fourth-order valence-corrected chi connectivity index (χ4v) is 0.824. The van der Waals surface area contributed by atoms with Crippen molar-refractivity contribution >= 4 is 31.2 Å². The molecule has 0 saturated carbocycles. The summed E-state index contributed by atoms with van der Waals surface area (Å²) in [4.78, 5) is 11.4. The van der Waals surface area contributed by atoms with Crippen molar-refractivity contribution in [3.63, 3.8) is 0 Å². The Bertz CT molecular complexity index is 159. The Morgan fingerprint density at radius 3 is 2.33 bits per heavy atom. The zero-order valence-corrected chi connectivity index (χ0v) is 9.58. The number of carbonyl (C=O) groups is 1. The van der Waals surface area contributed by atoms with Crippen molar-refractivity contribution in [1.29, 1.82) is 0 Å². The van der Waals surface area contributed by atoms with Crippen LogP contribution in [0.4, 0.5) is 0 Å². The molecule has 0 fully saturated rings. The van der Waals surface area contributed by atoms with Gasteiger partial charge in [0.05, 0.1) is 0 Å². The molecule has 1 N–H and O–H groups in total. The van der Waals surface area contributed by atoms with Crippen LogP contribution in [0.25, 0.3) is 0 Å². The molecular formula is C8H17NOS2. The third-order valence-electron chi connectivity index (χ3n) is 1.58. The van der Waals surface area contributed by atoms with Crippen LogP contribution in [-0.4, -0.2) is 23.0 Å². The molecule has 4 heteroatoms. The Balaban J connectivity index is 4.00. The van der Waals surface area contributed by atoms with E-state index in [1.807, 2.05) is 20.8 Å². The summed E-state index contributed by atoms with van der Waals surface area (Å²) in [5.41, 5.74) is -0.225. The lowest BCUT2D eigenvalue weighted by Crippen LogP contribution is -2.47. The highest BCUT2D eigenvalue weighted by atomic mass is 32.1. The molecule has 0 aliphatic carbocycles. The second-order valence-electron chi connectivity index (χ2n) is 3.61. The third kappa shape index (κ3) is 4.26. The van der Waals surface area contributed by atoms with Crippen LogP contribution in [0.5, 0.6) is 0 Å². The van der Waals surface area contributed by atoms with Gasteiger partial charge in [-0.2, -0.15) is 25.3 Å². The van der Waals surface area contributed by atoms with Crippen molar-refractivity contribution in [2.75, 3.05) is 11.5 Å². The fourth-order valence-electron chi connectivity index (χ4n) is 0.579. The van der Waals surface area contributed by atoms with Crippen LogP contribution < -0.4 is 5.32 Å². The van der Waals surface area contributed by atoms with Gasteiger partial charge in [-0.3, -0.25) is 4.79 Å². The summed E-state index contributed by atoms with van der Waals surface area (Å²) in [6.45, 7) is 5.75. The zero-order chi connectivity index (χ0) is 9.78. The number of hydrogen-bond donors (Lipinski definition) is 3. The lowest BCUT2D eigenvalue weighted by Gasteiger charge is -2.25. The predicted molar refractivity (Wildman–Crippen MR) is 59.1 cm³/mol. The number of hydrogen-bond acceptors (Lipinski definition) is 3. The monoisotopic (exact) mass is 207 g/mol. The second-order valence-corrected chi connectivity index (χ2v) is 4.30. The molecule has 0 aliphatic rings. The quantitative estimate of drug-likeness (QED) is 0.597. The van der Waals surface area contributed by atoms with E-state index in [1.165, 1.54) is 0 Å². The molecule has 0 saturated heterocycles. The standard InChI is InChI=1S/C8H17NOS2/c1-6(4-11)7(10)9-8(2,3)5-12/h6,11-12H,4-5H2,1-3H3,(H,9,10). The summed E-state index contributed by atoms with van der Waals surface area (Å²) in [5, 5.41) is 2.89. The Kier molecular flexibility index (Phi) is 5.09. The third-order valence-corrected chi connectivity index (χ3v) is 2.92. The molecular weight excluding hydrogens is 190 g/mol. The van der Waals surface area contributed by atoms with Crippen LogP contribution in [0.1, 0.15) is 20.8 Å². The van der Waals surface area contributed by atoms with Crippen LogP contribution in [0, 0.1) is 5.92 Å². The number of amides is 1. The largest absolute Gasteiger partial charge is 0.350 e. The smallest absolute Gasteiger partial charge is 0.224 e. The molecule has 1 unspecified atom stereocenters. The van der Waals surface area contributed by atoms with Crippen LogP contribution in [-0.2, 0) is 4.79 Å². The molecule has 0 spiro atoms. The van der Waals surface area contributed by atoms with Crippen LogP contribution >= 0.6 is 25.3 Å². The maximum Gasteiger partial charge on any atom is 0.224 e. The maximum absolute atomic E-state index is 11.4. The predicted octanol–water partition coefficient (Wildman–Crippen LogP) is 1.38. The van der Waals surface area contributed by atoms with Crippen molar-refractivity contribution in [2.45, 2.75) is 26.3 Å². The summed E-state index contributed by atoms with van der Waals surface area (Å²) in [5.74, 6) is 1.23. The highest BCUT2D eigenvalue weighted by Crippen LogP contribution is 2.06. The van der Waals surface area contributed by atoms with Crippen LogP contribution in [0.3, 0.4) is 0 Å². The number of nitrogens with one attached hydrogen (secondary N) is 1. The van der Waals surface area contributed by atoms with E-state index >= 15 is 0 Å². The van der Waals surface area contributed by atoms with Crippen molar-refractivity contribution in [2.24, 2.45) is 5.92 Å². The Labute approximate surface area is 85.3 Å². The van der Waals surface area contributed by atoms with E-state index in [4.69, 9.17) is 0 Å². The summed E-state index contributed by atoms with van der Waals surface area (Å²) in [7, 11) is 0. The van der Waals surface area contributed by atoms with Gasteiger partial charge >= 0.3 is 0 Å². The van der Waals surface area contributed by atoms with Crippen molar-refractivity contribution in [3.05, 3.63) is 0 Å². The van der Waals surface area contributed by atoms with Gasteiger partial charge < -0.3 is 5.32 Å². The van der Waals surface area contributed by atoms with E-state index in [1.54, 1.807) is 0 Å². The van der Waals surface area contributed by atoms with Gasteiger partial charge in [0.25, 0.3) is 0 Å². The average molecular weight is 207 g/mol. The Morgan fingerprint density at radius 2 is 2.00 bits per heavy atom. The first kappa shape index (κ1) is 12.2. The first-order valence-corrected chi connectivity index (χ1v) is 5.23. The minimum atomic E-state index is -0.225. The van der Waals surface area contributed by atoms with E-state index in [0.717, 1.165) is 0 Å². The first-order chi connectivity index (χ1) is 5.43. The molecule has 2 nitrogen and oxygen atoms in total. The topological polar surface area (TPSA) is 29.1 Å². The average Bonchev–Trinajstić information content (AvgIpc) is 2.02. The van der Waals surface area contributed by atoms with E-state index in [-0.39, 0.29) is 17.4 Å². The van der Waals surface area contributed by atoms with Crippen LogP contribution in [0.15, 0.2) is 0 Å². The molecule has 0 aliphatic heterocycles. The van der Waals surface area contributed by atoms with Gasteiger partial charge in [0.2, 0.25) is 5.91 Å². The van der Waals surface area contributed by atoms with Gasteiger partial charge in [-0.05, 0) is 13.8 Å². The minimum Gasteiger partial charge on any atom is -0.350 e. The molecule has 0 radical (unpaired) electrons. The summed E-state index contributed by atoms with van der Waals surface area (Å²) in [6.07, 6.45) is 0. The molecule has 72 valence electrons. The number of thiol groups is 2. The highest BCUT2D eigenvalue weighted by Gasteiger charge is 2.20. The minimum absolute atomic E-state index is 0.0347. The molecule has 0 aromatic rings. The van der Waals surface area contributed by atoms with Gasteiger partial charge in [0.1, 0.15) is 0 Å². The second kappa shape index (κ2) is 5.02. The van der Waals surface area contributed by atoms with Gasteiger partial charge in [-0.15, -0.1) is 0 Å². The van der Waals surface area contributed by atoms with Crippen molar-refractivity contribution < 1.29 is 4.79 Å². The number of carbonyl (C=O) groups excluding carboxylic acids is 1. The van der Waals surface area contributed by atoms with E-state index < -0.39 is 0 Å². The Hall–Kier alpha value is 0.170. The molecule has 0 aromatic heterocycles. The van der Waals surface area contributed by atoms with Crippen molar-refractivity contribution in [1.82, 2.24) is 5.32 Å². The van der Waals surface area contributed by atoms with Crippen molar-refractivity contribution in [3.8, 4) is 0 Å². The van der Waals surface area contributed by atoms with E-state index in [0.29, 0.717) is 11.5 Å². The zero-order valence-electron chi connectivity index (χ0n) is 7.79. The van der Waals surface area contributed by atoms with E-state index in [9.17, 15) is 4.79 Å². The van der Waals surface area contributed by atoms with Gasteiger partial charge in [-0.25, -0.2) is 0 Å². The molecule has 1 amide bonds. The SMILES string of the molecule is CC(CS)C(=O)NC(C)(C)CS. The number of rotatable bonds is 4. The van der Waals surface area contributed by atoms with Gasteiger partial charge in [0.15, 0.2) is 0 Å².